The van der Waals surface area contributed by atoms with Gasteiger partial charge in [-0.1, -0.05) is 6.07 Å². The number of benzene rings is 1. The van der Waals surface area contributed by atoms with Crippen molar-refractivity contribution in [3.63, 3.8) is 0 Å². The van der Waals surface area contributed by atoms with Gasteiger partial charge in [0.2, 0.25) is 5.91 Å². The van der Waals surface area contributed by atoms with E-state index in [-0.39, 0.29) is 5.91 Å². The lowest BCUT2D eigenvalue weighted by atomic mass is 10.1. The molecule has 0 unspecified atom stereocenters. The number of nitrogens with two attached hydrogens (primary N) is 1. The summed E-state index contributed by atoms with van der Waals surface area (Å²) >= 11 is 1.55. The van der Waals surface area contributed by atoms with Crippen LogP contribution < -0.4 is 10.6 Å². The van der Waals surface area contributed by atoms with Crippen molar-refractivity contribution in [3.8, 4) is 0 Å². The molecule has 0 atom stereocenters. The molecule has 2 rings (SSSR count). The van der Waals surface area contributed by atoms with Crippen molar-refractivity contribution < 1.29 is 4.79 Å². The fourth-order valence-electron chi connectivity index (χ4n) is 1.92. The summed E-state index contributed by atoms with van der Waals surface area (Å²) in [6, 6.07) is 5.76. The van der Waals surface area contributed by atoms with E-state index in [0.717, 1.165) is 29.9 Å². The van der Waals surface area contributed by atoms with Crippen molar-refractivity contribution in [3.05, 3.63) is 23.8 Å². The fraction of sp³-hybridized carbons (Fsp3) is 0.364. The van der Waals surface area contributed by atoms with Gasteiger partial charge in [-0.25, -0.2) is 0 Å². The number of amides is 1. The van der Waals surface area contributed by atoms with Crippen LogP contribution in [0.3, 0.4) is 0 Å². The lowest BCUT2D eigenvalue weighted by Gasteiger charge is -2.16. The Labute approximate surface area is 93.6 Å². The van der Waals surface area contributed by atoms with Gasteiger partial charge in [0.15, 0.2) is 0 Å². The van der Waals surface area contributed by atoms with Gasteiger partial charge in [-0.15, -0.1) is 0 Å². The van der Waals surface area contributed by atoms with Gasteiger partial charge in [0.1, 0.15) is 0 Å². The van der Waals surface area contributed by atoms with E-state index in [1.807, 2.05) is 29.4 Å². The van der Waals surface area contributed by atoms with Crippen molar-refractivity contribution >= 4 is 29.0 Å². The molecule has 0 spiro atoms. The van der Waals surface area contributed by atoms with Gasteiger partial charge in [0.05, 0.1) is 5.75 Å². The van der Waals surface area contributed by atoms with Gasteiger partial charge >= 0.3 is 0 Å². The highest BCUT2D eigenvalue weighted by atomic mass is 32.2. The van der Waals surface area contributed by atoms with Gasteiger partial charge in [-0.05, 0) is 24.8 Å². The van der Waals surface area contributed by atoms with Crippen LogP contribution in [-0.2, 0) is 11.2 Å². The molecule has 2 N–H and O–H groups in total. The average molecular weight is 222 g/mol. The third-order valence-corrected chi connectivity index (χ3v) is 3.17. The molecule has 1 amide bonds. The quantitative estimate of drug-likeness (QED) is 0.772. The molecule has 1 aliphatic heterocycles. The van der Waals surface area contributed by atoms with Crippen LogP contribution >= 0.6 is 11.8 Å². The first-order valence-electron chi connectivity index (χ1n) is 4.90. The van der Waals surface area contributed by atoms with Gasteiger partial charge in [-0.3, -0.25) is 4.79 Å². The second-order valence-electron chi connectivity index (χ2n) is 3.57. The average Bonchev–Trinajstić information content (AvgIpc) is 2.63. The number of hydrogen-bond donors (Lipinski definition) is 1. The Morgan fingerprint density at radius 1 is 1.60 bits per heavy atom. The van der Waals surface area contributed by atoms with Gasteiger partial charge in [0, 0.05) is 23.5 Å². The van der Waals surface area contributed by atoms with E-state index < -0.39 is 0 Å². The molecule has 0 bridgehead atoms. The van der Waals surface area contributed by atoms with E-state index in [9.17, 15) is 4.79 Å². The van der Waals surface area contributed by atoms with Crippen LogP contribution in [0.2, 0.25) is 0 Å². The topological polar surface area (TPSA) is 46.3 Å². The van der Waals surface area contributed by atoms with Crippen LogP contribution in [0, 0.1) is 0 Å². The number of anilines is 2. The van der Waals surface area contributed by atoms with Crippen molar-refractivity contribution in [2.24, 2.45) is 0 Å². The Bertz CT molecular complexity index is 392. The van der Waals surface area contributed by atoms with E-state index in [4.69, 9.17) is 5.73 Å². The lowest BCUT2D eigenvalue weighted by Crippen LogP contribution is -2.30. The van der Waals surface area contributed by atoms with Crippen molar-refractivity contribution in [2.75, 3.05) is 29.2 Å². The first-order chi connectivity index (χ1) is 7.24. The molecule has 1 aliphatic rings. The Hall–Kier alpha value is -1.16. The fourth-order valence-corrected chi connectivity index (χ4v) is 2.32. The molecule has 0 aromatic heterocycles. The maximum atomic E-state index is 11.8. The van der Waals surface area contributed by atoms with E-state index in [2.05, 4.69) is 0 Å². The number of hydrogen-bond acceptors (Lipinski definition) is 3. The summed E-state index contributed by atoms with van der Waals surface area (Å²) in [7, 11) is 0. The number of nitrogens with zero attached hydrogens (tertiary/aromatic N) is 1. The van der Waals surface area contributed by atoms with Gasteiger partial charge < -0.3 is 10.6 Å². The second-order valence-corrected chi connectivity index (χ2v) is 4.44. The summed E-state index contributed by atoms with van der Waals surface area (Å²) in [6.07, 6.45) is 2.82. The highest BCUT2D eigenvalue weighted by molar-refractivity contribution is 7.99. The maximum Gasteiger partial charge on any atom is 0.236 e. The molecule has 80 valence electrons. The van der Waals surface area contributed by atoms with Crippen LogP contribution in [0.1, 0.15) is 5.56 Å². The number of thioether (sulfide) groups is 1. The Morgan fingerprint density at radius 2 is 2.40 bits per heavy atom. The normalized spacial score (nSPS) is 14.1. The van der Waals surface area contributed by atoms with Crippen molar-refractivity contribution in [1.29, 1.82) is 0 Å². The summed E-state index contributed by atoms with van der Waals surface area (Å²) in [6.45, 7) is 0.767. The first kappa shape index (κ1) is 10.4. The second kappa shape index (κ2) is 4.14. The molecule has 0 fully saturated rings. The Morgan fingerprint density at radius 3 is 3.13 bits per heavy atom. The van der Waals surface area contributed by atoms with E-state index in [0.29, 0.717) is 5.75 Å². The van der Waals surface area contributed by atoms with Crippen LogP contribution in [-0.4, -0.2) is 24.5 Å². The largest absolute Gasteiger partial charge is 0.398 e. The lowest BCUT2D eigenvalue weighted by molar-refractivity contribution is -0.116. The van der Waals surface area contributed by atoms with Gasteiger partial charge in [0.25, 0.3) is 0 Å². The zero-order valence-corrected chi connectivity index (χ0v) is 9.51. The van der Waals surface area contributed by atoms with Crippen molar-refractivity contribution in [1.82, 2.24) is 0 Å². The highest BCUT2D eigenvalue weighted by Crippen LogP contribution is 2.32. The minimum atomic E-state index is 0.173. The van der Waals surface area contributed by atoms with E-state index in [1.165, 1.54) is 0 Å². The maximum absolute atomic E-state index is 11.8. The molecular weight excluding hydrogens is 208 g/mol. The van der Waals surface area contributed by atoms with Crippen LogP contribution in [0.25, 0.3) is 0 Å². The SMILES string of the molecule is CSCC(=O)N1CCc2c(N)cccc21. The third kappa shape index (κ3) is 1.81. The van der Waals surface area contributed by atoms with Crippen molar-refractivity contribution in [2.45, 2.75) is 6.42 Å². The summed E-state index contributed by atoms with van der Waals surface area (Å²) in [4.78, 5) is 13.6. The van der Waals surface area contributed by atoms with Gasteiger partial charge in [-0.2, -0.15) is 11.8 Å². The number of carbonyl (C=O) groups is 1. The minimum absolute atomic E-state index is 0.173. The summed E-state index contributed by atoms with van der Waals surface area (Å²) in [5, 5.41) is 0. The Balaban J connectivity index is 2.29. The Kier molecular flexibility index (Phi) is 2.86. The highest BCUT2D eigenvalue weighted by Gasteiger charge is 2.25. The predicted octanol–water partition coefficient (Wildman–Crippen LogP) is 1.52. The van der Waals surface area contributed by atoms with Crippen LogP contribution in [0.5, 0.6) is 0 Å². The molecular formula is C11H14N2OS. The van der Waals surface area contributed by atoms with Crippen LogP contribution in [0.4, 0.5) is 11.4 Å². The molecule has 3 nitrogen and oxygen atoms in total. The van der Waals surface area contributed by atoms with Crippen LogP contribution in [0.15, 0.2) is 18.2 Å². The molecule has 15 heavy (non-hydrogen) atoms. The number of nitrogen functional groups attached to an aromatic ring is 1. The standard InChI is InChI=1S/C11H14N2OS/c1-15-7-11(14)13-6-5-8-9(12)3-2-4-10(8)13/h2-4H,5-7,12H2,1H3. The number of carbonyl (C=O) groups excluding carboxylic acids is 1. The number of fused-ring (bicyclic) bond motifs is 1. The zero-order valence-electron chi connectivity index (χ0n) is 8.69. The summed E-state index contributed by atoms with van der Waals surface area (Å²) < 4.78 is 0. The number of rotatable bonds is 2. The third-order valence-electron chi connectivity index (χ3n) is 2.63. The summed E-state index contributed by atoms with van der Waals surface area (Å²) in [5.74, 6) is 0.709. The van der Waals surface area contributed by atoms with E-state index >= 15 is 0 Å². The molecule has 0 radical (unpaired) electrons. The van der Waals surface area contributed by atoms with E-state index in [1.54, 1.807) is 11.8 Å². The smallest absolute Gasteiger partial charge is 0.236 e. The molecule has 1 heterocycles. The molecule has 4 heteroatoms. The molecule has 0 aliphatic carbocycles. The molecule has 1 aromatic rings. The molecule has 0 saturated carbocycles. The minimum Gasteiger partial charge on any atom is -0.398 e. The monoisotopic (exact) mass is 222 g/mol. The zero-order chi connectivity index (χ0) is 10.8. The molecule has 0 saturated heterocycles. The molecule has 1 aromatic carbocycles. The predicted molar refractivity (Wildman–Crippen MR) is 65.3 cm³/mol. The first-order valence-corrected chi connectivity index (χ1v) is 6.30. The summed E-state index contributed by atoms with van der Waals surface area (Å²) in [5.41, 5.74) is 8.78.